The number of pyridine rings is 1. The van der Waals surface area contributed by atoms with Crippen LogP contribution >= 0.6 is 7.81 Å². The second-order valence-corrected chi connectivity index (χ2v) is 5.66. The summed E-state index contributed by atoms with van der Waals surface area (Å²) in [4.78, 5) is 0. The van der Waals surface area contributed by atoms with E-state index < -0.39 is 7.81 Å². The minimum absolute atomic E-state index is 1.06. The van der Waals surface area contributed by atoms with Crippen molar-refractivity contribution in [3.63, 3.8) is 0 Å². The Morgan fingerprint density at radius 3 is 1.61 bits per heavy atom. The molecule has 0 bridgehead atoms. The van der Waals surface area contributed by atoms with Gasteiger partial charge in [-0.3, -0.25) is 0 Å². The second-order valence-electron chi connectivity index (χ2n) is 3.75. The summed E-state index contributed by atoms with van der Waals surface area (Å²) in [5.74, 6) is 0. The van der Waals surface area contributed by atoms with Crippen molar-refractivity contribution in [2.24, 2.45) is 0 Å². The Labute approximate surface area is 102 Å². The van der Waals surface area contributed by atoms with Crippen LogP contribution in [-0.2, 0) is 13.0 Å². The van der Waals surface area contributed by atoms with Gasteiger partial charge in [-0.25, -0.2) is 4.57 Å². The van der Waals surface area contributed by atoms with Crippen molar-refractivity contribution in [2.75, 3.05) is 0 Å². The molecule has 18 heavy (non-hydrogen) atoms. The first-order chi connectivity index (χ1) is 7.81. The van der Waals surface area contributed by atoms with E-state index >= 15 is 0 Å². The van der Waals surface area contributed by atoms with Gasteiger partial charge in [0.25, 0.3) is 0 Å². The van der Waals surface area contributed by atoms with Crippen molar-refractivity contribution in [3.05, 3.63) is 30.1 Å². The monoisotopic (exact) mass is 295 g/mol. The van der Waals surface area contributed by atoms with Gasteiger partial charge in [0.2, 0.25) is 0 Å². The molecular weight excluding hydrogens is 279 g/mol. The van der Waals surface area contributed by atoms with Crippen LogP contribution in [0.5, 0.6) is 0 Å². The van der Waals surface area contributed by atoms with Crippen molar-refractivity contribution in [2.45, 2.75) is 33.2 Å². The molecule has 0 aromatic carbocycles. The van der Waals surface area contributed by atoms with Gasteiger partial charge >= 0.3 is 33.0 Å². The molecule has 1 heterocycles. The van der Waals surface area contributed by atoms with E-state index in [1.165, 1.54) is 18.4 Å². The van der Waals surface area contributed by atoms with E-state index in [1.54, 1.807) is 0 Å². The number of aryl methyl sites for hydroxylation is 2. The number of nitrogens with zero attached hydrogens (tertiary/aromatic N) is 1. The molecular formula is C10H16F6NP. The third kappa shape index (κ3) is 15.2. The molecule has 1 nitrogen and oxygen atoms in total. The third-order valence-corrected chi connectivity index (χ3v) is 1.86. The molecule has 0 radical (unpaired) electrons. The number of rotatable bonds is 3. The fourth-order valence-electron chi connectivity index (χ4n) is 1.15. The molecule has 0 aliphatic carbocycles. The summed E-state index contributed by atoms with van der Waals surface area (Å²) < 4.78 is 61.4. The van der Waals surface area contributed by atoms with Crippen LogP contribution in [0.3, 0.4) is 0 Å². The summed E-state index contributed by atoms with van der Waals surface area (Å²) in [6, 6.07) is 4.40. The Hall–Kier alpha value is -0.840. The third-order valence-electron chi connectivity index (χ3n) is 1.86. The van der Waals surface area contributed by atoms with Crippen LogP contribution in [0.4, 0.5) is 25.2 Å². The molecule has 1 rings (SSSR count). The fraction of sp³-hybridized carbons (Fsp3) is 0.500. The number of hydrogen-bond acceptors (Lipinski definition) is 0. The number of halogens is 6. The maximum atomic E-state index is 9.87. The first kappa shape index (κ1) is 17.2. The Kier molecular flexibility index (Phi) is 4.80. The topological polar surface area (TPSA) is 3.88 Å². The molecule has 0 saturated carbocycles. The van der Waals surface area contributed by atoms with Gasteiger partial charge < -0.3 is 0 Å². The average Bonchev–Trinajstić information content (AvgIpc) is 2.15. The standard InChI is InChI=1S/C10H16N.F6P/c1-3-5-10-6-8-11(4-2)9-7-10;1-7(2,3,4,5)6/h6-9H,3-5H2,1-2H3;/q+1;-1. The van der Waals surface area contributed by atoms with Crippen molar-refractivity contribution in [1.29, 1.82) is 0 Å². The molecule has 0 aliphatic rings. The molecule has 0 spiro atoms. The van der Waals surface area contributed by atoms with E-state index in [2.05, 4.69) is 42.9 Å². The van der Waals surface area contributed by atoms with Gasteiger partial charge in [0.1, 0.15) is 6.54 Å². The second kappa shape index (κ2) is 5.03. The van der Waals surface area contributed by atoms with Crippen LogP contribution in [0, 0.1) is 0 Å². The molecule has 1 aromatic rings. The summed E-state index contributed by atoms with van der Waals surface area (Å²) in [6.45, 7) is 5.42. The van der Waals surface area contributed by atoms with Crippen LogP contribution < -0.4 is 4.57 Å². The zero-order valence-corrected chi connectivity index (χ0v) is 11.0. The summed E-state index contributed by atoms with van der Waals surface area (Å²) in [5, 5.41) is 0. The maximum absolute atomic E-state index is 10.7. The van der Waals surface area contributed by atoms with Crippen LogP contribution in [0.15, 0.2) is 24.5 Å². The van der Waals surface area contributed by atoms with E-state index in [-0.39, 0.29) is 0 Å². The molecule has 108 valence electrons. The summed E-state index contributed by atoms with van der Waals surface area (Å²) >= 11 is 0. The van der Waals surface area contributed by atoms with E-state index in [9.17, 15) is 25.2 Å². The minimum atomic E-state index is -10.7. The van der Waals surface area contributed by atoms with Gasteiger partial charge in [-0.1, -0.05) is 13.3 Å². The van der Waals surface area contributed by atoms with E-state index in [0.29, 0.717) is 0 Å². The molecule has 0 amide bonds. The van der Waals surface area contributed by atoms with Gasteiger partial charge in [-0.15, -0.1) is 0 Å². The Morgan fingerprint density at radius 2 is 1.33 bits per heavy atom. The Morgan fingerprint density at radius 1 is 0.944 bits per heavy atom. The molecule has 0 saturated heterocycles. The van der Waals surface area contributed by atoms with Crippen LogP contribution in [0.2, 0.25) is 0 Å². The quantitative estimate of drug-likeness (QED) is 0.403. The van der Waals surface area contributed by atoms with Crippen molar-refractivity contribution < 1.29 is 29.7 Å². The van der Waals surface area contributed by atoms with Crippen LogP contribution in [0.1, 0.15) is 25.8 Å². The Bertz CT molecular complexity index is 357. The SMILES string of the molecule is CCCc1cc[n+](CC)cc1.F[P-](F)(F)(F)(F)F. The first-order valence-corrected chi connectivity index (χ1v) is 7.39. The normalized spacial score (nSPS) is 15.1. The van der Waals surface area contributed by atoms with E-state index in [4.69, 9.17) is 0 Å². The zero-order valence-electron chi connectivity index (χ0n) is 10.1. The van der Waals surface area contributed by atoms with Crippen molar-refractivity contribution in [1.82, 2.24) is 0 Å². The molecule has 8 heteroatoms. The van der Waals surface area contributed by atoms with Crippen molar-refractivity contribution >= 4 is 7.81 Å². The summed E-state index contributed by atoms with van der Waals surface area (Å²) in [7, 11) is -10.7. The van der Waals surface area contributed by atoms with Gasteiger partial charge in [-0.2, -0.15) is 0 Å². The van der Waals surface area contributed by atoms with Gasteiger partial charge in [0.05, 0.1) is 0 Å². The van der Waals surface area contributed by atoms with Gasteiger partial charge in [-0.05, 0) is 18.9 Å². The molecule has 0 fully saturated rings. The van der Waals surface area contributed by atoms with Crippen molar-refractivity contribution in [3.8, 4) is 0 Å². The average molecular weight is 295 g/mol. The van der Waals surface area contributed by atoms with Gasteiger partial charge in [0, 0.05) is 12.1 Å². The fourth-order valence-corrected chi connectivity index (χ4v) is 1.15. The number of aromatic nitrogens is 1. The van der Waals surface area contributed by atoms with Gasteiger partial charge in [0.15, 0.2) is 12.4 Å². The van der Waals surface area contributed by atoms with E-state index in [0.717, 1.165) is 6.54 Å². The first-order valence-electron chi connectivity index (χ1n) is 5.36. The zero-order chi connectivity index (χ0) is 14.5. The molecule has 0 atom stereocenters. The Balaban J connectivity index is 0.000000360. The number of hydrogen-bond donors (Lipinski definition) is 0. The van der Waals surface area contributed by atoms with Crippen LogP contribution in [-0.4, -0.2) is 0 Å². The molecule has 0 unspecified atom stereocenters. The molecule has 0 aliphatic heterocycles. The predicted molar refractivity (Wildman–Crippen MR) is 59.9 cm³/mol. The van der Waals surface area contributed by atoms with E-state index in [1.807, 2.05) is 0 Å². The molecule has 1 aromatic heterocycles. The predicted octanol–water partition coefficient (Wildman–Crippen LogP) is 5.33. The molecule has 0 N–H and O–H groups in total. The summed E-state index contributed by atoms with van der Waals surface area (Å²) in [5.41, 5.74) is 1.44. The van der Waals surface area contributed by atoms with Crippen LogP contribution in [0.25, 0.3) is 0 Å². The summed E-state index contributed by atoms with van der Waals surface area (Å²) in [6.07, 6.45) is 6.72.